The highest BCUT2D eigenvalue weighted by Gasteiger charge is 2.07. The van der Waals surface area contributed by atoms with Gasteiger partial charge in [0.15, 0.2) is 0 Å². The molecule has 86 valence electrons. The number of nitrogens with one attached hydrogen (secondary N) is 1. The van der Waals surface area contributed by atoms with E-state index in [0.717, 1.165) is 5.92 Å². The first-order valence-corrected chi connectivity index (χ1v) is 5.96. The smallest absolute Gasteiger partial charge is 0.00642 e. The van der Waals surface area contributed by atoms with Crippen LogP contribution in [0.1, 0.15) is 40.0 Å². The molecule has 1 N–H and O–H groups in total. The molecule has 0 aromatic carbocycles. The van der Waals surface area contributed by atoms with E-state index in [4.69, 9.17) is 0 Å². The predicted octanol–water partition coefficient (Wildman–Crippen LogP) is 2.35. The van der Waals surface area contributed by atoms with E-state index < -0.39 is 0 Å². The third-order valence-electron chi connectivity index (χ3n) is 3.00. The zero-order valence-corrected chi connectivity index (χ0v) is 10.6. The summed E-state index contributed by atoms with van der Waals surface area (Å²) in [7, 11) is 4.27. The van der Waals surface area contributed by atoms with E-state index in [0.29, 0.717) is 6.04 Å². The first-order chi connectivity index (χ1) is 6.57. The molecular weight excluding hydrogens is 172 g/mol. The van der Waals surface area contributed by atoms with Crippen LogP contribution >= 0.6 is 0 Å². The van der Waals surface area contributed by atoms with Crippen molar-refractivity contribution in [3.05, 3.63) is 0 Å². The summed E-state index contributed by atoms with van der Waals surface area (Å²) in [5, 5.41) is 3.59. The van der Waals surface area contributed by atoms with Crippen molar-refractivity contribution in [2.75, 3.05) is 27.2 Å². The molecule has 0 aromatic heterocycles. The van der Waals surface area contributed by atoms with Gasteiger partial charge in [-0.25, -0.2) is 0 Å². The highest BCUT2D eigenvalue weighted by atomic mass is 15.0. The van der Waals surface area contributed by atoms with Crippen LogP contribution in [-0.4, -0.2) is 38.1 Å². The topological polar surface area (TPSA) is 15.3 Å². The minimum atomic E-state index is 0.666. The molecule has 0 bridgehead atoms. The molecule has 0 aromatic rings. The Bertz CT molecular complexity index is 123. The van der Waals surface area contributed by atoms with Gasteiger partial charge in [0, 0.05) is 6.04 Å². The van der Waals surface area contributed by atoms with Crippen LogP contribution in [0, 0.1) is 5.92 Å². The normalized spacial score (nSPS) is 15.9. The second kappa shape index (κ2) is 8.25. The molecule has 0 rings (SSSR count). The maximum atomic E-state index is 3.59. The van der Waals surface area contributed by atoms with Crippen molar-refractivity contribution in [3.63, 3.8) is 0 Å². The van der Waals surface area contributed by atoms with Crippen molar-refractivity contribution in [2.24, 2.45) is 5.92 Å². The van der Waals surface area contributed by atoms with Crippen LogP contribution in [0.15, 0.2) is 0 Å². The fraction of sp³-hybridized carbons (Fsp3) is 1.00. The summed E-state index contributed by atoms with van der Waals surface area (Å²) in [6.07, 6.45) is 3.86. The SMILES string of the molecule is CCC(C)C(C)NCCCCN(C)C. The molecule has 0 fully saturated rings. The molecule has 2 nitrogen and oxygen atoms in total. The predicted molar refractivity (Wildman–Crippen MR) is 64.7 cm³/mol. The fourth-order valence-electron chi connectivity index (χ4n) is 1.44. The highest BCUT2D eigenvalue weighted by molar-refractivity contribution is 4.66. The van der Waals surface area contributed by atoms with Crippen molar-refractivity contribution in [1.82, 2.24) is 10.2 Å². The molecular formula is C12H28N2. The standard InChI is InChI=1S/C12H28N2/c1-6-11(2)12(3)13-9-7-8-10-14(4)5/h11-13H,6-10H2,1-5H3. The Labute approximate surface area is 90.1 Å². The average Bonchev–Trinajstić information content (AvgIpc) is 2.15. The molecule has 0 saturated heterocycles. The molecule has 0 radical (unpaired) electrons. The van der Waals surface area contributed by atoms with E-state index in [1.807, 2.05) is 0 Å². The van der Waals surface area contributed by atoms with E-state index >= 15 is 0 Å². The Kier molecular flexibility index (Phi) is 8.20. The Morgan fingerprint density at radius 1 is 1.14 bits per heavy atom. The van der Waals surface area contributed by atoms with Crippen LogP contribution in [0.4, 0.5) is 0 Å². The van der Waals surface area contributed by atoms with Crippen LogP contribution in [0.3, 0.4) is 0 Å². The molecule has 0 amide bonds. The molecule has 0 saturated carbocycles. The largest absolute Gasteiger partial charge is 0.314 e. The molecule has 2 unspecified atom stereocenters. The third-order valence-corrected chi connectivity index (χ3v) is 3.00. The first kappa shape index (κ1) is 13.9. The first-order valence-electron chi connectivity index (χ1n) is 5.96. The summed E-state index contributed by atoms with van der Waals surface area (Å²) in [6, 6.07) is 0.666. The van der Waals surface area contributed by atoms with Gasteiger partial charge in [-0.1, -0.05) is 20.3 Å². The Morgan fingerprint density at radius 2 is 1.79 bits per heavy atom. The minimum Gasteiger partial charge on any atom is -0.314 e. The molecule has 0 aliphatic carbocycles. The molecule has 2 atom stereocenters. The summed E-state index contributed by atoms with van der Waals surface area (Å²) in [5.74, 6) is 0.795. The average molecular weight is 200 g/mol. The lowest BCUT2D eigenvalue weighted by Crippen LogP contribution is -2.32. The quantitative estimate of drug-likeness (QED) is 0.605. The van der Waals surface area contributed by atoms with Crippen molar-refractivity contribution >= 4 is 0 Å². The van der Waals surface area contributed by atoms with Crippen LogP contribution in [0.2, 0.25) is 0 Å². The van der Waals surface area contributed by atoms with Crippen molar-refractivity contribution in [1.29, 1.82) is 0 Å². The monoisotopic (exact) mass is 200 g/mol. The molecule has 2 heteroatoms. The second-order valence-electron chi connectivity index (χ2n) is 4.64. The van der Waals surface area contributed by atoms with Crippen molar-refractivity contribution in [3.8, 4) is 0 Å². The van der Waals surface area contributed by atoms with E-state index in [1.54, 1.807) is 0 Å². The number of nitrogens with zero attached hydrogens (tertiary/aromatic N) is 1. The maximum Gasteiger partial charge on any atom is 0.00642 e. The second-order valence-corrected chi connectivity index (χ2v) is 4.64. The number of rotatable bonds is 8. The molecule has 0 spiro atoms. The van der Waals surface area contributed by atoms with Gasteiger partial charge >= 0.3 is 0 Å². The van der Waals surface area contributed by atoms with E-state index in [9.17, 15) is 0 Å². The van der Waals surface area contributed by atoms with Crippen LogP contribution < -0.4 is 5.32 Å². The molecule has 0 heterocycles. The van der Waals surface area contributed by atoms with E-state index in [2.05, 4.69) is 45.1 Å². The van der Waals surface area contributed by atoms with Crippen LogP contribution in [0.25, 0.3) is 0 Å². The van der Waals surface area contributed by atoms with Gasteiger partial charge in [0.05, 0.1) is 0 Å². The van der Waals surface area contributed by atoms with Crippen LogP contribution in [-0.2, 0) is 0 Å². The minimum absolute atomic E-state index is 0.666. The highest BCUT2D eigenvalue weighted by Crippen LogP contribution is 2.06. The van der Waals surface area contributed by atoms with E-state index in [-0.39, 0.29) is 0 Å². The summed E-state index contributed by atoms with van der Waals surface area (Å²) >= 11 is 0. The summed E-state index contributed by atoms with van der Waals surface area (Å²) < 4.78 is 0. The lowest BCUT2D eigenvalue weighted by atomic mass is 10.0. The van der Waals surface area contributed by atoms with Gasteiger partial charge in [0.2, 0.25) is 0 Å². The Hall–Kier alpha value is -0.0800. The van der Waals surface area contributed by atoms with Gasteiger partial charge in [0.25, 0.3) is 0 Å². The van der Waals surface area contributed by atoms with Crippen molar-refractivity contribution < 1.29 is 0 Å². The van der Waals surface area contributed by atoms with Gasteiger partial charge in [0.1, 0.15) is 0 Å². The lowest BCUT2D eigenvalue weighted by Gasteiger charge is -2.20. The summed E-state index contributed by atoms with van der Waals surface area (Å²) in [4.78, 5) is 2.25. The molecule has 0 aliphatic rings. The van der Waals surface area contributed by atoms with Gasteiger partial charge < -0.3 is 10.2 Å². The molecule has 14 heavy (non-hydrogen) atoms. The van der Waals surface area contributed by atoms with Gasteiger partial charge in [-0.2, -0.15) is 0 Å². The Balaban J connectivity index is 3.27. The van der Waals surface area contributed by atoms with Gasteiger partial charge in [-0.3, -0.25) is 0 Å². The summed E-state index contributed by atoms with van der Waals surface area (Å²) in [6.45, 7) is 9.24. The third kappa shape index (κ3) is 7.34. The number of unbranched alkanes of at least 4 members (excludes halogenated alkanes) is 1. The van der Waals surface area contributed by atoms with Crippen LogP contribution in [0.5, 0.6) is 0 Å². The zero-order chi connectivity index (χ0) is 11.0. The molecule has 0 aliphatic heterocycles. The zero-order valence-electron chi connectivity index (χ0n) is 10.6. The van der Waals surface area contributed by atoms with Gasteiger partial charge in [-0.05, 0) is 52.9 Å². The summed E-state index contributed by atoms with van der Waals surface area (Å²) in [5.41, 5.74) is 0. The fourth-order valence-corrected chi connectivity index (χ4v) is 1.44. The number of hydrogen-bond acceptors (Lipinski definition) is 2. The lowest BCUT2D eigenvalue weighted by molar-refractivity contribution is 0.366. The van der Waals surface area contributed by atoms with Crippen molar-refractivity contribution in [2.45, 2.75) is 46.1 Å². The van der Waals surface area contributed by atoms with Gasteiger partial charge in [-0.15, -0.1) is 0 Å². The maximum absolute atomic E-state index is 3.59. The Morgan fingerprint density at radius 3 is 2.29 bits per heavy atom. The van der Waals surface area contributed by atoms with E-state index in [1.165, 1.54) is 32.4 Å². The number of hydrogen-bond donors (Lipinski definition) is 1.